The highest BCUT2D eigenvalue weighted by Gasteiger charge is 2.27. The molecule has 58 valence electrons. The fourth-order valence-electron chi connectivity index (χ4n) is 0.728. The number of aldehydes is 1. The van der Waals surface area contributed by atoms with Crippen LogP contribution in [0.1, 0.15) is 5.56 Å². The van der Waals surface area contributed by atoms with E-state index in [9.17, 15) is 9.18 Å². The van der Waals surface area contributed by atoms with Crippen molar-refractivity contribution in [1.82, 2.24) is 0 Å². The van der Waals surface area contributed by atoms with E-state index in [4.69, 9.17) is 11.6 Å². The Balaban J connectivity index is 3.02. The Morgan fingerprint density at radius 1 is 1.36 bits per heavy atom. The van der Waals surface area contributed by atoms with Gasteiger partial charge in [-0.05, 0) is 0 Å². The molecule has 0 heterocycles. The van der Waals surface area contributed by atoms with Gasteiger partial charge in [-0.1, -0.05) is 41.9 Å². The first kappa shape index (κ1) is 8.21. The van der Waals surface area contributed by atoms with Crippen LogP contribution in [0.2, 0.25) is 0 Å². The van der Waals surface area contributed by atoms with Gasteiger partial charge in [-0.3, -0.25) is 4.79 Å². The molecule has 0 saturated heterocycles. The van der Waals surface area contributed by atoms with Crippen LogP contribution in [0.4, 0.5) is 4.39 Å². The van der Waals surface area contributed by atoms with E-state index in [1.165, 1.54) is 12.1 Å². The van der Waals surface area contributed by atoms with Crippen LogP contribution in [0.3, 0.4) is 0 Å². The van der Waals surface area contributed by atoms with E-state index in [2.05, 4.69) is 0 Å². The predicted octanol–water partition coefficient (Wildman–Crippen LogP) is 2.25. The van der Waals surface area contributed by atoms with Crippen LogP contribution in [-0.4, -0.2) is 6.29 Å². The Hall–Kier alpha value is -0.890. The van der Waals surface area contributed by atoms with Crippen molar-refractivity contribution < 1.29 is 9.18 Å². The van der Waals surface area contributed by atoms with Crippen LogP contribution in [0.25, 0.3) is 0 Å². The minimum Gasteiger partial charge on any atom is -0.298 e. The van der Waals surface area contributed by atoms with E-state index in [1.54, 1.807) is 18.2 Å². The highest BCUT2D eigenvalue weighted by molar-refractivity contribution is 6.30. The zero-order chi connectivity index (χ0) is 8.32. The molecule has 3 heteroatoms. The fraction of sp³-hybridized carbons (Fsp3) is 0.125. The number of carbonyl (C=O) groups is 1. The van der Waals surface area contributed by atoms with E-state index in [0.29, 0.717) is 0 Å². The van der Waals surface area contributed by atoms with Crippen molar-refractivity contribution in [2.24, 2.45) is 0 Å². The molecule has 1 nitrogen and oxygen atoms in total. The topological polar surface area (TPSA) is 17.1 Å². The van der Waals surface area contributed by atoms with Crippen LogP contribution < -0.4 is 0 Å². The van der Waals surface area contributed by atoms with Crippen LogP contribution >= 0.6 is 11.6 Å². The molecule has 0 amide bonds. The number of hydrogen-bond acceptors (Lipinski definition) is 1. The zero-order valence-electron chi connectivity index (χ0n) is 5.63. The van der Waals surface area contributed by atoms with E-state index in [-0.39, 0.29) is 11.8 Å². The van der Waals surface area contributed by atoms with Crippen molar-refractivity contribution >= 4 is 17.9 Å². The van der Waals surface area contributed by atoms with Gasteiger partial charge in [0.15, 0.2) is 6.29 Å². The molecule has 1 atom stereocenters. The van der Waals surface area contributed by atoms with Crippen molar-refractivity contribution in [2.45, 2.75) is 5.13 Å². The van der Waals surface area contributed by atoms with E-state index in [1.807, 2.05) is 0 Å². The maximum absolute atomic E-state index is 12.9. The Morgan fingerprint density at radius 2 is 1.91 bits per heavy atom. The van der Waals surface area contributed by atoms with Crippen molar-refractivity contribution in [3.8, 4) is 0 Å². The van der Waals surface area contributed by atoms with Gasteiger partial charge in [-0.15, -0.1) is 0 Å². The summed E-state index contributed by atoms with van der Waals surface area (Å²) in [6.07, 6.45) is 0.0733. The molecule has 0 fully saturated rings. The highest BCUT2D eigenvalue weighted by atomic mass is 35.5. The maximum atomic E-state index is 12.9. The predicted molar refractivity (Wildman–Crippen MR) is 41.1 cm³/mol. The largest absolute Gasteiger partial charge is 0.298 e. The number of carbonyl (C=O) groups excluding carboxylic acids is 1. The summed E-state index contributed by atoms with van der Waals surface area (Å²) in [5.41, 5.74) is 0.164. The van der Waals surface area contributed by atoms with Gasteiger partial charge >= 0.3 is 0 Å². The number of halogens is 2. The molecule has 0 aliphatic carbocycles. The third-order valence-corrected chi connectivity index (χ3v) is 1.61. The lowest BCUT2D eigenvalue weighted by molar-refractivity contribution is -0.114. The molecule has 1 aromatic carbocycles. The van der Waals surface area contributed by atoms with Gasteiger partial charge in [-0.2, -0.15) is 0 Å². The molecule has 0 saturated carbocycles. The van der Waals surface area contributed by atoms with Gasteiger partial charge in [0.05, 0.1) is 0 Å². The van der Waals surface area contributed by atoms with Gasteiger partial charge in [0.2, 0.25) is 0 Å². The molecule has 0 aliphatic rings. The van der Waals surface area contributed by atoms with Gasteiger partial charge in [0.25, 0.3) is 5.13 Å². The lowest BCUT2D eigenvalue weighted by Crippen LogP contribution is -2.12. The lowest BCUT2D eigenvalue weighted by atomic mass is 10.1. The number of hydrogen-bond donors (Lipinski definition) is 0. The normalized spacial score (nSPS) is 15.5. The molecule has 0 unspecified atom stereocenters. The number of alkyl halides is 2. The summed E-state index contributed by atoms with van der Waals surface area (Å²) in [7, 11) is 0. The summed E-state index contributed by atoms with van der Waals surface area (Å²) in [5.74, 6) is 0. The van der Waals surface area contributed by atoms with Crippen LogP contribution in [0, 0.1) is 0 Å². The summed E-state index contributed by atoms with van der Waals surface area (Å²) in [6.45, 7) is 0. The third kappa shape index (κ3) is 1.77. The van der Waals surface area contributed by atoms with Crippen molar-refractivity contribution in [2.75, 3.05) is 0 Å². The van der Waals surface area contributed by atoms with Gasteiger partial charge in [0, 0.05) is 5.56 Å². The summed E-state index contributed by atoms with van der Waals surface area (Å²) in [6, 6.07) is 7.88. The molecule has 0 N–H and O–H groups in total. The van der Waals surface area contributed by atoms with E-state index in [0.717, 1.165) is 0 Å². The van der Waals surface area contributed by atoms with E-state index >= 15 is 0 Å². The van der Waals surface area contributed by atoms with Crippen molar-refractivity contribution in [1.29, 1.82) is 0 Å². The first-order chi connectivity index (χ1) is 5.17. The number of benzene rings is 1. The minimum absolute atomic E-state index is 0.0733. The van der Waals surface area contributed by atoms with Crippen molar-refractivity contribution in [3.63, 3.8) is 0 Å². The Kier molecular flexibility index (Phi) is 2.25. The smallest absolute Gasteiger partial charge is 0.263 e. The fourth-order valence-corrected chi connectivity index (χ4v) is 0.854. The van der Waals surface area contributed by atoms with E-state index < -0.39 is 5.13 Å². The molecule has 0 bridgehead atoms. The second-order valence-electron chi connectivity index (χ2n) is 2.11. The Bertz CT molecular complexity index is 246. The summed E-state index contributed by atoms with van der Waals surface area (Å²) >= 11 is 5.21. The maximum Gasteiger partial charge on any atom is 0.263 e. The second kappa shape index (κ2) is 3.01. The molecule has 0 aliphatic heterocycles. The minimum atomic E-state index is -2.37. The first-order valence-corrected chi connectivity index (χ1v) is 3.44. The number of rotatable bonds is 2. The molecule has 0 spiro atoms. The highest BCUT2D eigenvalue weighted by Crippen LogP contribution is 2.27. The molecule has 0 radical (unpaired) electrons. The monoisotopic (exact) mass is 172 g/mol. The molecule has 11 heavy (non-hydrogen) atoms. The molecular weight excluding hydrogens is 167 g/mol. The molecule has 0 aromatic heterocycles. The zero-order valence-corrected chi connectivity index (χ0v) is 6.38. The first-order valence-electron chi connectivity index (χ1n) is 3.06. The average molecular weight is 173 g/mol. The van der Waals surface area contributed by atoms with Gasteiger partial charge < -0.3 is 0 Å². The summed E-state index contributed by atoms with van der Waals surface area (Å²) in [4.78, 5) is 10.1. The third-order valence-electron chi connectivity index (χ3n) is 1.31. The lowest BCUT2D eigenvalue weighted by Gasteiger charge is -2.08. The van der Waals surface area contributed by atoms with Crippen molar-refractivity contribution in [3.05, 3.63) is 35.9 Å². The van der Waals surface area contributed by atoms with Crippen LogP contribution in [0.5, 0.6) is 0 Å². The van der Waals surface area contributed by atoms with Gasteiger partial charge in [-0.25, -0.2) is 4.39 Å². The second-order valence-corrected chi connectivity index (χ2v) is 2.66. The van der Waals surface area contributed by atoms with Crippen LogP contribution in [-0.2, 0) is 9.92 Å². The molecule has 1 aromatic rings. The van der Waals surface area contributed by atoms with Gasteiger partial charge in [0.1, 0.15) is 0 Å². The average Bonchev–Trinajstić information content (AvgIpc) is 2.06. The summed E-state index contributed by atoms with van der Waals surface area (Å²) < 4.78 is 12.9. The Labute approximate surface area is 68.8 Å². The Morgan fingerprint density at radius 3 is 2.36 bits per heavy atom. The van der Waals surface area contributed by atoms with Crippen LogP contribution in [0.15, 0.2) is 30.3 Å². The summed E-state index contributed by atoms with van der Waals surface area (Å²) in [5, 5.41) is -2.37. The molecule has 1 rings (SSSR count). The standard InChI is InChI=1S/C8H6ClFO/c9-8(10,6-11)7-4-2-1-3-5-7/h1-6H/t8-/m1/s1. The molecular formula is C8H6ClFO. The SMILES string of the molecule is O=C[C@](F)(Cl)c1ccccc1. The quantitative estimate of drug-likeness (QED) is 0.494.